The number of amides is 1. The lowest BCUT2D eigenvalue weighted by molar-refractivity contribution is 0.0943. The first-order chi connectivity index (χ1) is 8.47. The van der Waals surface area contributed by atoms with E-state index in [2.05, 4.69) is 21.2 Å². The third-order valence-corrected chi connectivity index (χ3v) is 3.70. The van der Waals surface area contributed by atoms with E-state index >= 15 is 0 Å². The van der Waals surface area contributed by atoms with Gasteiger partial charge >= 0.3 is 0 Å². The van der Waals surface area contributed by atoms with E-state index in [1.165, 1.54) is 0 Å². The van der Waals surface area contributed by atoms with Gasteiger partial charge in [0, 0.05) is 10.0 Å². The molecule has 1 aromatic rings. The summed E-state index contributed by atoms with van der Waals surface area (Å²) in [4.78, 5) is 12.5. The third-order valence-electron chi connectivity index (χ3n) is 2.99. The minimum absolute atomic E-state index is 0.121. The summed E-state index contributed by atoms with van der Waals surface area (Å²) in [7, 11) is 0. The SMILES string of the molecule is Cc1cc(Br)cc(C(=O)NC(C(N)=S)C2CC2)c1. The van der Waals surface area contributed by atoms with Gasteiger partial charge in [0.05, 0.1) is 11.0 Å². The Morgan fingerprint density at radius 3 is 2.67 bits per heavy atom. The van der Waals surface area contributed by atoms with E-state index in [0.717, 1.165) is 22.9 Å². The third kappa shape index (κ3) is 3.29. The molecule has 2 rings (SSSR count). The summed E-state index contributed by atoms with van der Waals surface area (Å²) >= 11 is 8.39. The molecular formula is C13H15BrN2OS. The number of benzene rings is 1. The van der Waals surface area contributed by atoms with Gasteiger partial charge in [0.15, 0.2) is 0 Å². The molecule has 1 amide bonds. The maximum atomic E-state index is 12.1. The van der Waals surface area contributed by atoms with E-state index in [9.17, 15) is 4.79 Å². The second kappa shape index (κ2) is 5.36. The maximum absolute atomic E-state index is 12.1. The van der Waals surface area contributed by atoms with Crippen molar-refractivity contribution in [3.63, 3.8) is 0 Å². The van der Waals surface area contributed by atoms with Gasteiger partial charge in [0.25, 0.3) is 5.91 Å². The number of aryl methyl sites for hydroxylation is 1. The Bertz CT molecular complexity index is 480. The number of halogens is 1. The van der Waals surface area contributed by atoms with Gasteiger partial charge < -0.3 is 11.1 Å². The first-order valence-corrected chi connectivity index (χ1v) is 7.05. The van der Waals surface area contributed by atoms with Crippen molar-refractivity contribution in [2.45, 2.75) is 25.8 Å². The number of nitrogens with two attached hydrogens (primary N) is 1. The Morgan fingerprint density at radius 2 is 2.17 bits per heavy atom. The second-order valence-electron chi connectivity index (χ2n) is 4.71. The number of rotatable bonds is 4. The van der Waals surface area contributed by atoms with Gasteiger partial charge in [-0.2, -0.15) is 0 Å². The van der Waals surface area contributed by atoms with Crippen molar-refractivity contribution in [1.29, 1.82) is 0 Å². The monoisotopic (exact) mass is 326 g/mol. The summed E-state index contributed by atoms with van der Waals surface area (Å²) in [5.74, 6) is 0.295. The van der Waals surface area contributed by atoms with Crippen LogP contribution in [0.25, 0.3) is 0 Å². The van der Waals surface area contributed by atoms with Crippen LogP contribution in [-0.4, -0.2) is 16.9 Å². The molecule has 1 aromatic carbocycles. The molecule has 0 bridgehead atoms. The summed E-state index contributed by atoms with van der Waals surface area (Å²) in [5.41, 5.74) is 7.33. The summed E-state index contributed by atoms with van der Waals surface area (Å²) in [6.07, 6.45) is 2.17. The highest BCUT2D eigenvalue weighted by Gasteiger charge is 2.34. The normalized spacial score (nSPS) is 16.1. The fourth-order valence-electron chi connectivity index (χ4n) is 1.94. The van der Waals surface area contributed by atoms with Crippen LogP contribution in [0.5, 0.6) is 0 Å². The van der Waals surface area contributed by atoms with Gasteiger partial charge in [-0.3, -0.25) is 4.79 Å². The molecule has 0 aromatic heterocycles. The lowest BCUT2D eigenvalue weighted by Crippen LogP contribution is -2.45. The van der Waals surface area contributed by atoms with Crippen molar-refractivity contribution in [2.24, 2.45) is 11.7 Å². The van der Waals surface area contributed by atoms with Crippen LogP contribution in [-0.2, 0) is 0 Å². The highest BCUT2D eigenvalue weighted by molar-refractivity contribution is 9.10. The molecule has 0 heterocycles. The molecule has 1 atom stereocenters. The van der Waals surface area contributed by atoms with E-state index in [-0.39, 0.29) is 11.9 Å². The largest absolute Gasteiger partial charge is 0.392 e. The topological polar surface area (TPSA) is 55.1 Å². The molecule has 3 nitrogen and oxygen atoms in total. The average molecular weight is 327 g/mol. The Balaban J connectivity index is 2.13. The summed E-state index contributed by atoms with van der Waals surface area (Å²) in [5, 5.41) is 2.92. The number of nitrogens with one attached hydrogen (secondary N) is 1. The number of thiocarbonyl (C=S) groups is 1. The van der Waals surface area contributed by atoms with Crippen molar-refractivity contribution >= 4 is 39.0 Å². The smallest absolute Gasteiger partial charge is 0.251 e. The first-order valence-electron chi connectivity index (χ1n) is 5.85. The van der Waals surface area contributed by atoms with E-state index in [4.69, 9.17) is 18.0 Å². The van der Waals surface area contributed by atoms with Crippen molar-refractivity contribution in [3.8, 4) is 0 Å². The van der Waals surface area contributed by atoms with Crippen LogP contribution in [0.3, 0.4) is 0 Å². The van der Waals surface area contributed by atoms with Gasteiger partial charge in [-0.05, 0) is 49.4 Å². The predicted molar refractivity (Wildman–Crippen MR) is 79.6 cm³/mol. The number of hydrogen-bond donors (Lipinski definition) is 2. The average Bonchev–Trinajstić information content (AvgIpc) is 3.07. The van der Waals surface area contributed by atoms with E-state index < -0.39 is 0 Å². The van der Waals surface area contributed by atoms with Crippen LogP contribution in [0.1, 0.15) is 28.8 Å². The molecule has 5 heteroatoms. The fourth-order valence-corrected chi connectivity index (χ4v) is 2.80. The Hall–Kier alpha value is -0.940. The molecular weight excluding hydrogens is 312 g/mol. The quantitative estimate of drug-likeness (QED) is 0.836. The van der Waals surface area contributed by atoms with Crippen LogP contribution >= 0.6 is 28.1 Å². The summed E-state index contributed by atoms with van der Waals surface area (Å²) in [6, 6.07) is 5.44. The van der Waals surface area contributed by atoms with Crippen molar-refractivity contribution in [1.82, 2.24) is 5.32 Å². The van der Waals surface area contributed by atoms with Crippen LogP contribution in [0, 0.1) is 12.8 Å². The van der Waals surface area contributed by atoms with Gasteiger partial charge in [0.1, 0.15) is 0 Å². The van der Waals surface area contributed by atoms with Gasteiger partial charge in [-0.1, -0.05) is 28.1 Å². The highest BCUT2D eigenvalue weighted by atomic mass is 79.9. The molecule has 96 valence electrons. The molecule has 0 radical (unpaired) electrons. The lowest BCUT2D eigenvalue weighted by atomic mass is 10.1. The van der Waals surface area contributed by atoms with Crippen molar-refractivity contribution < 1.29 is 4.79 Å². The van der Waals surface area contributed by atoms with Crippen LogP contribution in [0.4, 0.5) is 0 Å². The van der Waals surface area contributed by atoms with Gasteiger partial charge in [-0.25, -0.2) is 0 Å². The van der Waals surface area contributed by atoms with Crippen molar-refractivity contribution in [3.05, 3.63) is 33.8 Å². The highest BCUT2D eigenvalue weighted by Crippen LogP contribution is 2.33. The molecule has 18 heavy (non-hydrogen) atoms. The zero-order chi connectivity index (χ0) is 13.3. The number of carbonyl (C=O) groups is 1. The molecule has 0 saturated heterocycles. The Kier molecular flexibility index (Phi) is 4.02. The fraction of sp³-hybridized carbons (Fsp3) is 0.385. The first kappa shape index (κ1) is 13.5. The molecule has 1 saturated carbocycles. The lowest BCUT2D eigenvalue weighted by Gasteiger charge is -2.17. The minimum atomic E-state index is -0.174. The predicted octanol–water partition coefficient (Wildman–Crippen LogP) is 2.55. The van der Waals surface area contributed by atoms with E-state index in [1.807, 2.05) is 19.1 Å². The molecule has 1 unspecified atom stereocenters. The molecule has 0 aliphatic heterocycles. The van der Waals surface area contributed by atoms with E-state index in [1.54, 1.807) is 6.07 Å². The van der Waals surface area contributed by atoms with Crippen LogP contribution < -0.4 is 11.1 Å². The Morgan fingerprint density at radius 1 is 1.50 bits per heavy atom. The minimum Gasteiger partial charge on any atom is -0.392 e. The molecule has 3 N–H and O–H groups in total. The van der Waals surface area contributed by atoms with Crippen LogP contribution in [0.15, 0.2) is 22.7 Å². The number of carbonyl (C=O) groups excluding carboxylic acids is 1. The van der Waals surface area contributed by atoms with Gasteiger partial charge in [-0.15, -0.1) is 0 Å². The molecule has 1 fully saturated rings. The van der Waals surface area contributed by atoms with Crippen LogP contribution in [0.2, 0.25) is 0 Å². The van der Waals surface area contributed by atoms with Crippen molar-refractivity contribution in [2.75, 3.05) is 0 Å². The summed E-state index contributed by atoms with van der Waals surface area (Å²) < 4.78 is 0.894. The second-order valence-corrected chi connectivity index (χ2v) is 6.10. The zero-order valence-corrected chi connectivity index (χ0v) is 12.5. The maximum Gasteiger partial charge on any atom is 0.251 e. The zero-order valence-electron chi connectivity index (χ0n) is 10.1. The van der Waals surface area contributed by atoms with Gasteiger partial charge in [0.2, 0.25) is 0 Å². The molecule has 0 spiro atoms. The summed E-state index contributed by atoms with van der Waals surface area (Å²) in [6.45, 7) is 1.95. The Labute approximate surface area is 120 Å². The standard InChI is InChI=1S/C13H15BrN2OS/c1-7-4-9(6-10(14)5-7)13(17)16-11(12(15)18)8-2-3-8/h4-6,8,11H,2-3H2,1H3,(H2,15,18)(H,16,17). The number of hydrogen-bond acceptors (Lipinski definition) is 2. The molecule has 1 aliphatic rings. The molecule has 1 aliphatic carbocycles. The van der Waals surface area contributed by atoms with E-state index in [0.29, 0.717) is 16.5 Å².